The van der Waals surface area contributed by atoms with Crippen LogP contribution in [0.1, 0.15) is 47.5 Å². The second kappa shape index (κ2) is 9.53. The monoisotopic (exact) mass is 231 g/mol. The van der Waals surface area contributed by atoms with Gasteiger partial charge in [0, 0.05) is 17.5 Å². The van der Waals surface area contributed by atoms with Crippen molar-refractivity contribution in [2.45, 2.75) is 52.7 Å². The van der Waals surface area contributed by atoms with Crippen LogP contribution in [-0.4, -0.2) is 24.1 Å². The number of hydrogen-bond acceptors (Lipinski definition) is 2. The Kier molecular flexibility index (Phi) is 9.73. The van der Waals surface area contributed by atoms with E-state index in [1.54, 1.807) is 0 Å². The van der Waals surface area contributed by atoms with E-state index in [2.05, 4.69) is 51.7 Å². The van der Waals surface area contributed by atoms with E-state index in [0.29, 0.717) is 0 Å². The van der Waals surface area contributed by atoms with E-state index in [1.165, 1.54) is 31.7 Å². The van der Waals surface area contributed by atoms with E-state index in [1.807, 2.05) is 0 Å². The normalized spacial score (nSPS) is 13.8. The zero-order chi connectivity index (χ0) is 11.7. The Balaban J connectivity index is 3.11. The minimum Gasteiger partial charge on any atom is -0.316 e. The van der Waals surface area contributed by atoms with Crippen LogP contribution in [0.2, 0.25) is 0 Å². The van der Waals surface area contributed by atoms with Crippen molar-refractivity contribution in [1.82, 2.24) is 5.32 Å². The van der Waals surface area contributed by atoms with Gasteiger partial charge in [-0.1, -0.05) is 34.6 Å². The minimum atomic E-state index is 0.794. The molecule has 1 unspecified atom stereocenters. The van der Waals surface area contributed by atoms with E-state index in [4.69, 9.17) is 0 Å². The van der Waals surface area contributed by atoms with Gasteiger partial charge in [0.15, 0.2) is 0 Å². The fourth-order valence-electron chi connectivity index (χ4n) is 1.27. The lowest BCUT2D eigenvalue weighted by Gasteiger charge is -2.14. The predicted molar refractivity (Wildman–Crippen MR) is 73.7 cm³/mol. The van der Waals surface area contributed by atoms with Crippen molar-refractivity contribution >= 4 is 11.8 Å². The van der Waals surface area contributed by atoms with Crippen LogP contribution in [-0.2, 0) is 0 Å². The Morgan fingerprint density at radius 1 is 1.00 bits per heavy atom. The van der Waals surface area contributed by atoms with E-state index < -0.39 is 0 Å². The molecule has 0 saturated heterocycles. The molecule has 2 heteroatoms. The second-order valence-electron chi connectivity index (χ2n) is 5.11. The molecular formula is C13H29NS. The van der Waals surface area contributed by atoms with E-state index in [-0.39, 0.29) is 0 Å². The standard InChI is InChI=1S/C13H29NS/c1-11(2)7-6-8-14-9-10-15-13(5)12(3)4/h11-14H,6-10H2,1-5H3. The molecule has 0 bridgehead atoms. The average molecular weight is 231 g/mol. The highest BCUT2D eigenvalue weighted by Gasteiger charge is 2.05. The van der Waals surface area contributed by atoms with Crippen LogP contribution in [0.15, 0.2) is 0 Å². The van der Waals surface area contributed by atoms with Gasteiger partial charge >= 0.3 is 0 Å². The van der Waals surface area contributed by atoms with E-state index in [0.717, 1.165) is 17.1 Å². The van der Waals surface area contributed by atoms with Crippen molar-refractivity contribution < 1.29 is 0 Å². The molecule has 92 valence electrons. The molecule has 15 heavy (non-hydrogen) atoms. The summed E-state index contributed by atoms with van der Waals surface area (Å²) < 4.78 is 0. The van der Waals surface area contributed by atoms with Crippen LogP contribution in [0.4, 0.5) is 0 Å². The number of hydrogen-bond donors (Lipinski definition) is 1. The maximum atomic E-state index is 3.51. The van der Waals surface area contributed by atoms with Crippen molar-refractivity contribution in [3.05, 3.63) is 0 Å². The first-order valence-electron chi connectivity index (χ1n) is 6.36. The molecule has 0 amide bonds. The van der Waals surface area contributed by atoms with Crippen LogP contribution in [0.3, 0.4) is 0 Å². The second-order valence-corrected chi connectivity index (χ2v) is 6.59. The molecule has 0 rings (SSSR count). The first kappa shape index (κ1) is 15.3. The number of nitrogens with one attached hydrogen (secondary N) is 1. The zero-order valence-corrected chi connectivity index (χ0v) is 12.0. The summed E-state index contributed by atoms with van der Waals surface area (Å²) >= 11 is 2.09. The third-order valence-corrected chi connectivity index (χ3v) is 4.24. The number of rotatable bonds is 9. The summed E-state index contributed by atoms with van der Waals surface area (Å²) in [7, 11) is 0. The largest absolute Gasteiger partial charge is 0.316 e. The van der Waals surface area contributed by atoms with Crippen LogP contribution in [0, 0.1) is 11.8 Å². The van der Waals surface area contributed by atoms with Gasteiger partial charge in [-0.2, -0.15) is 11.8 Å². The lowest BCUT2D eigenvalue weighted by Crippen LogP contribution is -2.20. The van der Waals surface area contributed by atoms with Crippen molar-refractivity contribution in [1.29, 1.82) is 0 Å². The van der Waals surface area contributed by atoms with Gasteiger partial charge < -0.3 is 5.32 Å². The molecule has 0 aromatic heterocycles. The third-order valence-electron chi connectivity index (χ3n) is 2.73. The Hall–Kier alpha value is 0.310. The molecule has 0 fully saturated rings. The van der Waals surface area contributed by atoms with Gasteiger partial charge in [0.2, 0.25) is 0 Å². The Morgan fingerprint density at radius 3 is 2.20 bits per heavy atom. The molecule has 0 aromatic rings. The first-order valence-corrected chi connectivity index (χ1v) is 7.41. The molecule has 1 nitrogen and oxygen atoms in total. The van der Waals surface area contributed by atoms with Crippen LogP contribution in [0.25, 0.3) is 0 Å². The summed E-state index contributed by atoms with van der Waals surface area (Å²) in [5, 5.41) is 4.31. The fraction of sp³-hybridized carbons (Fsp3) is 1.00. The highest BCUT2D eigenvalue weighted by atomic mass is 32.2. The summed E-state index contributed by atoms with van der Waals surface area (Å²) in [5.41, 5.74) is 0. The topological polar surface area (TPSA) is 12.0 Å². The minimum absolute atomic E-state index is 0.794. The highest BCUT2D eigenvalue weighted by molar-refractivity contribution is 7.99. The molecule has 0 aliphatic rings. The van der Waals surface area contributed by atoms with Crippen LogP contribution in [0.5, 0.6) is 0 Å². The van der Waals surface area contributed by atoms with Gasteiger partial charge in [-0.25, -0.2) is 0 Å². The fourth-order valence-corrected chi connectivity index (χ4v) is 2.29. The van der Waals surface area contributed by atoms with Gasteiger partial charge in [-0.15, -0.1) is 0 Å². The molecule has 0 saturated carbocycles. The molecular weight excluding hydrogens is 202 g/mol. The maximum absolute atomic E-state index is 3.51. The molecule has 0 spiro atoms. The third kappa shape index (κ3) is 10.6. The first-order chi connectivity index (χ1) is 7.04. The number of thioether (sulfide) groups is 1. The molecule has 0 aromatic carbocycles. The van der Waals surface area contributed by atoms with Crippen molar-refractivity contribution in [2.75, 3.05) is 18.8 Å². The van der Waals surface area contributed by atoms with Crippen molar-refractivity contribution in [3.63, 3.8) is 0 Å². The van der Waals surface area contributed by atoms with Gasteiger partial charge in [-0.05, 0) is 31.2 Å². The Bertz CT molecular complexity index is 134. The van der Waals surface area contributed by atoms with Crippen molar-refractivity contribution in [2.24, 2.45) is 11.8 Å². The Labute approximate surface area is 101 Å². The quantitative estimate of drug-likeness (QED) is 0.606. The summed E-state index contributed by atoms with van der Waals surface area (Å²) in [5.74, 6) is 2.90. The SMILES string of the molecule is CC(C)CCCNCCSC(C)C(C)C. The molecule has 0 heterocycles. The van der Waals surface area contributed by atoms with Gasteiger partial charge in [-0.3, -0.25) is 0 Å². The van der Waals surface area contributed by atoms with Crippen molar-refractivity contribution in [3.8, 4) is 0 Å². The molecule has 0 aliphatic carbocycles. The maximum Gasteiger partial charge on any atom is 0.00608 e. The average Bonchev–Trinajstić information content (AvgIpc) is 2.15. The summed E-state index contributed by atoms with van der Waals surface area (Å²) in [6.07, 6.45) is 2.67. The lowest BCUT2D eigenvalue weighted by molar-refractivity contribution is 0.533. The lowest BCUT2D eigenvalue weighted by atomic mass is 10.1. The molecule has 1 atom stereocenters. The summed E-state index contributed by atoms with van der Waals surface area (Å²) in [4.78, 5) is 0. The summed E-state index contributed by atoms with van der Waals surface area (Å²) in [6.45, 7) is 13.9. The summed E-state index contributed by atoms with van der Waals surface area (Å²) in [6, 6.07) is 0. The van der Waals surface area contributed by atoms with Crippen LogP contribution >= 0.6 is 11.8 Å². The van der Waals surface area contributed by atoms with Gasteiger partial charge in [0.1, 0.15) is 0 Å². The zero-order valence-electron chi connectivity index (χ0n) is 11.2. The molecule has 1 N–H and O–H groups in total. The molecule has 0 radical (unpaired) electrons. The highest BCUT2D eigenvalue weighted by Crippen LogP contribution is 2.17. The van der Waals surface area contributed by atoms with E-state index in [9.17, 15) is 0 Å². The van der Waals surface area contributed by atoms with E-state index >= 15 is 0 Å². The predicted octanol–water partition coefficient (Wildman–Crippen LogP) is 3.79. The van der Waals surface area contributed by atoms with Crippen LogP contribution < -0.4 is 5.32 Å². The smallest absolute Gasteiger partial charge is 0.00608 e. The Morgan fingerprint density at radius 2 is 1.67 bits per heavy atom. The van der Waals surface area contributed by atoms with Gasteiger partial charge in [0.05, 0.1) is 0 Å². The molecule has 0 aliphatic heterocycles. The van der Waals surface area contributed by atoms with Gasteiger partial charge in [0.25, 0.3) is 0 Å².